The molecule has 1 aliphatic rings. The van der Waals surface area contributed by atoms with Crippen LogP contribution in [0.15, 0.2) is 24.3 Å². The standard InChI is InChI=1S/C15H21NO2/c1-11-2-4-12(5-3-11)10-16-14-8-6-13(7-9-14)15(17)18/h6-9,11-12,16H,2-5,10H2,1H3,(H,17,18). The summed E-state index contributed by atoms with van der Waals surface area (Å²) >= 11 is 0. The summed E-state index contributed by atoms with van der Waals surface area (Å²) in [4.78, 5) is 10.7. The molecule has 18 heavy (non-hydrogen) atoms. The molecule has 0 bridgehead atoms. The quantitative estimate of drug-likeness (QED) is 0.854. The second-order valence-corrected chi connectivity index (χ2v) is 5.39. The van der Waals surface area contributed by atoms with Gasteiger partial charge >= 0.3 is 5.97 Å². The summed E-state index contributed by atoms with van der Waals surface area (Å²) < 4.78 is 0. The molecule has 0 aliphatic heterocycles. The molecule has 0 amide bonds. The summed E-state index contributed by atoms with van der Waals surface area (Å²) in [5, 5.41) is 12.2. The zero-order valence-electron chi connectivity index (χ0n) is 10.9. The second kappa shape index (κ2) is 5.89. The summed E-state index contributed by atoms with van der Waals surface area (Å²) in [7, 11) is 0. The fourth-order valence-electron chi connectivity index (χ4n) is 2.53. The van der Waals surface area contributed by atoms with Gasteiger partial charge in [-0.25, -0.2) is 4.79 Å². The molecule has 1 fully saturated rings. The zero-order valence-corrected chi connectivity index (χ0v) is 10.9. The van der Waals surface area contributed by atoms with Gasteiger partial charge < -0.3 is 10.4 Å². The predicted molar refractivity (Wildman–Crippen MR) is 73.0 cm³/mol. The van der Waals surface area contributed by atoms with Crippen LogP contribution in [0, 0.1) is 11.8 Å². The van der Waals surface area contributed by atoms with Gasteiger partial charge in [0.25, 0.3) is 0 Å². The van der Waals surface area contributed by atoms with E-state index < -0.39 is 5.97 Å². The van der Waals surface area contributed by atoms with Crippen molar-refractivity contribution in [3.8, 4) is 0 Å². The highest BCUT2D eigenvalue weighted by atomic mass is 16.4. The Morgan fingerprint density at radius 2 is 1.83 bits per heavy atom. The lowest BCUT2D eigenvalue weighted by Crippen LogP contribution is -2.20. The Morgan fingerprint density at radius 3 is 2.39 bits per heavy atom. The molecule has 3 heteroatoms. The number of hydrogen-bond acceptors (Lipinski definition) is 2. The second-order valence-electron chi connectivity index (χ2n) is 5.39. The predicted octanol–water partition coefficient (Wildman–Crippen LogP) is 3.62. The van der Waals surface area contributed by atoms with Gasteiger partial charge in [-0.05, 0) is 48.9 Å². The number of nitrogens with one attached hydrogen (secondary N) is 1. The van der Waals surface area contributed by atoms with Crippen LogP contribution in [0.1, 0.15) is 43.0 Å². The van der Waals surface area contributed by atoms with E-state index >= 15 is 0 Å². The average molecular weight is 247 g/mol. The van der Waals surface area contributed by atoms with Gasteiger partial charge in [0, 0.05) is 12.2 Å². The van der Waals surface area contributed by atoms with Crippen LogP contribution in [-0.2, 0) is 0 Å². The molecule has 0 saturated heterocycles. The van der Waals surface area contributed by atoms with Crippen LogP contribution in [0.25, 0.3) is 0 Å². The molecule has 3 nitrogen and oxygen atoms in total. The maximum Gasteiger partial charge on any atom is 0.335 e. The number of hydrogen-bond donors (Lipinski definition) is 2. The van der Waals surface area contributed by atoms with Crippen molar-refractivity contribution in [2.75, 3.05) is 11.9 Å². The fourth-order valence-corrected chi connectivity index (χ4v) is 2.53. The summed E-state index contributed by atoms with van der Waals surface area (Å²) in [6.07, 6.45) is 5.29. The molecule has 1 aromatic rings. The molecule has 0 heterocycles. The van der Waals surface area contributed by atoms with E-state index in [0.29, 0.717) is 5.56 Å². The molecule has 0 radical (unpaired) electrons. The summed E-state index contributed by atoms with van der Waals surface area (Å²) in [6.45, 7) is 3.33. The molecule has 0 aromatic heterocycles. The monoisotopic (exact) mass is 247 g/mol. The SMILES string of the molecule is CC1CCC(CNc2ccc(C(=O)O)cc2)CC1. The van der Waals surface area contributed by atoms with Gasteiger partial charge in [-0.15, -0.1) is 0 Å². The minimum absolute atomic E-state index is 0.340. The third-order valence-corrected chi connectivity index (χ3v) is 3.86. The lowest BCUT2D eigenvalue weighted by atomic mass is 9.83. The third-order valence-electron chi connectivity index (χ3n) is 3.86. The molecular formula is C15H21NO2. The first-order chi connectivity index (χ1) is 8.65. The van der Waals surface area contributed by atoms with Crippen LogP contribution >= 0.6 is 0 Å². The number of aromatic carboxylic acids is 1. The van der Waals surface area contributed by atoms with E-state index in [1.165, 1.54) is 25.7 Å². The smallest absolute Gasteiger partial charge is 0.335 e. The van der Waals surface area contributed by atoms with Gasteiger partial charge in [-0.2, -0.15) is 0 Å². The van der Waals surface area contributed by atoms with E-state index in [9.17, 15) is 4.79 Å². The maximum absolute atomic E-state index is 10.7. The van der Waals surface area contributed by atoms with Crippen molar-refractivity contribution in [3.05, 3.63) is 29.8 Å². The number of benzene rings is 1. The van der Waals surface area contributed by atoms with Gasteiger partial charge in [-0.1, -0.05) is 19.8 Å². The zero-order chi connectivity index (χ0) is 13.0. The Balaban J connectivity index is 1.81. The largest absolute Gasteiger partial charge is 0.478 e. The van der Waals surface area contributed by atoms with Crippen LogP contribution < -0.4 is 5.32 Å². The van der Waals surface area contributed by atoms with E-state index in [1.54, 1.807) is 12.1 Å². The topological polar surface area (TPSA) is 49.3 Å². The van der Waals surface area contributed by atoms with Gasteiger partial charge in [0.05, 0.1) is 5.56 Å². The normalized spacial score (nSPS) is 23.6. The highest BCUT2D eigenvalue weighted by Crippen LogP contribution is 2.28. The Labute approximate surface area is 108 Å². The molecule has 0 atom stereocenters. The van der Waals surface area contributed by atoms with E-state index in [0.717, 1.165) is 24.1 Å². The number of carboxylic acids is 1. The van der Waals surface area contributed by atoms with E-state index in [-0.39, 0.29) is 0 Å². The summed E-state index contributed by atoms with van der Waals surface area (Å²) in [5.41, 5.74) is 1.35. The molecule has 2 rings (SSSR count). The summed E-state index contributed by atoms with van der Waals surface area (Å²) in [6, 6.07) is 6.98. The Hall–Kier alpha value is -1.51. The van der Waals surface area contributed by atoms with Gasteiger partial charge in [0.1, 0.15) is 0 Å². The highest BCUT2D eigenvalue weighted by molar-refractivity contribution is 5.87. The molecular weight excluding hydrogens is 226 g/mol. The lowest BCUT2D eigenvalue weighted by Gasteiger charge is -2.26. The van der Waals surface area contributed by atoms with Gasteiger partial charge in [0.2, 0.25) is 0 Å². The van der Waals surface area contributed by atoms with Crippen LogP contribution in [0.3, 0.4) is 0 Å². The molecule has 1 aromatic carbocycles. The molecule has 1 saturated carbocycles. The van der Waals surface area contributed by atoms with Crippen molar-refractivity contribution in [2.24, 2.45) is 11.8 Å². The Bertz CT molecular complexity index is 391. The first-order valence-electron chi connectivity index (χ1n) is 6.72. The first-order valence-corrected chi connectivity index (χ1v) is 6.72. The van der Waals surface area contributed by atoms with Crippen LogP contribution in [0.5, 0.6) is 0 Å². The van der Waals surface area contributed by atoms with Crippen molar-refractivity contribution < 1.29 is 9.90 Å². The fraction of sp³-hybridized carbons (Fsp3) is 0.533. The Morgan fingerprint density at radius 1 is 1.22 bits per heavy atom. The van der Waals surface area contributed by atoms with Crippen molar-refractivity contribution in [3.63, 3.8) is 0 Å². The minimum atomic E-state index is -0.872. The Kier molecular flexibility index (Phi) is 4.24. The summed E-state index contributed by atoms with van der Waals surface area (Å²) in [5.74, 6) is 0.777. The molecule has 2 N–H and O–H groups in total. The van der Waals surface area contributed by atoms with Gasteiger partial charge in [-0.3, -0.25) is 0 Å². The number of rotatable bonds is 4. The number of carboxylic acid groups (broad SMARTS) is 1. The first kappa shape index (κ1) is 12.9. The van der Waals surface area contributed by atoms with E-state index in [4.69, 9.17) is 5.11 Å². The van der Waals surface area contributed by atoms with Gasteiger partial charge in [0.15, 0.2) is 0 Å². The van der Waals surface area contributed by atoms with Crippen LogP contribution in [-0.4, -0.2) is 17.6 Å². The third kappa shape index (κ3) is 3.49. The highest BCUT2D eigenvalue weighted by Gasteiger charge is 2.17. The van der Waals surface area contributed by atoms with E-state index in [2.05, 4.69) is 12.2 Å². The van der Waals surface area contributed by atoms with Crippen molar-refractivity contribution in [1.29, 1.82) is 0 Å². The lowest BCUT2D eigenvalue weighted by molar-refractivity contribution is 0.0697. The van der Waals surface area contributed by atoms with Crippen molar-refractivity contribution in [1.82, 2.24) is 0 Å². The maximum atomic E-state index is 10.7. The van der Waals surface area contributed by atoms with E-state index in [1.807, 2.05) is 12.1 Å². The number of carbonyl (C=O) groups is 1. The van der Waals surface area contributed by atoms with Crippen molar-refractivity contribution >= 4 is 11.7 Å². The average Bonchev–Trinajstić information content (AvgIpc) is 2.38. The molecule has 1 aliphatic carbocycles. The number of anilines is 1. The minimum Gasteiger partial charge on any atom is -0.478 e. The van der Waals surface area contributed by atoms with Crippen LogP contribution in [0.2, 0.25) is 0 Å². The molecule has 0 spiro atoms. The molecule has 0 unspecified atom stereocenters. The van der Waals surface area contributed by atoms with Crippen LogP contribution in [0.4, 0.5) is 5.69 Å². The van der Waals surface area contributed by atoms with Crippen molar-refractivity contribution in [2.45, 2.75) is 32.6 Å². The molecule has 98 valence electrons.